The zero-order chi connectivity index (χ0) is 16.6. The molecule has 0 bridgehead atoms. The average molecular weight is 320 g/mol. The van der Waals surface area contributed by atoms with Crippen LogP contribution in [-0.4, -0.2) is 39.4 Å². The number of aliphatic hydroxyl groups is 3. The van der Waals surface area contributed by atoms with Crippen LogP contribution in [0.2, 0.25) is 0 Å². The van der Waals surface area contributed by atoms with E-state index >= 15 is 0 Å². The fourth-order valence-corrected chi connectivity index (χ4v) is 6.46. The summed E-state index contributed by atoms with van der Waals surface area (Å²) in [5, 5.41) is 31.4. The standard InChI is InChI=1S/C19H28O4/c1-18-5-3-11(20)7-10(18)8-13(21)16-12(18)4-6-19(2)15(23)9-14(22)17(16)19/h8,11-14,16-17,20-22H,3-7,9H2,1-2H3/t11?,12?,13?,14?,16?,17?,18-,19+/m0/s1. The highest BCUT2D eigenvalue weighted by Gasteiger charge is 2.63. The number of aliphatic hydroxyl groups excluding tert-OH is 3. The van der Waals surface area contributed by atoms with Gasteiger partial charge in [0.25, 0.3) is 0 Å². The molecular formula is C19H28O4. The molecule has 0 radical (unpaired) electrons. The maximum absolute atomic E-state index is 12.4. The van der Waals surface area contributed by atoms with E-state index in [1.54, 1.807) is 0 Å². The second-order valence-electron chi connectivity index (χ2n) is 8.86. The molecule has 4 heteroatoms. The van der Waals surface area contributed by atoms with Gasteiger partial charge in [-0.15, -0.1) is 0 Å². The number of Topliss-reactive ketones (excluding diaryl/α,β-unsaturated/α-hetero) is 1. The van der Waals surface area contributed by atoms with Gasteiger partial charge >= 0.3 is 0 Å². The van der Waals surface area contributed by atoms with Gasteiger partial charge in [-0.05, 0) is 49.4 Å². The Kier molecular flexibility index (Phi) is 3.37. The first kappa shape index (κ1) is 15.8. The number of fused-ring (bicyclic) bond motifs is 5. The van der Waals surface area contributed by atoms with Gasteiger partial charge < -0.3 is 15.3 Å². The molecule has 0 saturated heterocycles. The van der Waals surface area contributed by atoms with Gasteiger partial charge in [0.15, 0.2) is 0 Å². The molecule has 23 heavy (non-hydrogen) atoms. The Labute approximate surface area is 137 Å². The fraction of sp³-hybridized carbons (Fsp3) is 0.842. The maximum atomic E-state index is 12.4. The number of hydrogen-bond donors (Lipinski definition) is 3. The lowest BCUT2D eigenvalue weighted by Crippen LogP contribution is -2.56. The SMILES string of the molecule is C[C@]12CCC(O)CC1=CC(O)C1C2CC[C@]2(C)C(=O)CC(O)C12. The van der Waals surface area contributed by atoms with E-state index in [0.717, 1.165) is 25.7 Å². The van der Waals surface area contributed by atoms with Crippen LogP contribution in [0.4, 0.5) is 0 Å². The first-order valence-corrected chi connectivity index (χ1v) is 9.06. The van der Waals surface area contributed by atoms with E-state index in [4.69, 9.17) is 0 Å². The van der Waals surface area contributed by atoms with Crippen molar-refractivity contribution in [1.29, 1.82) is 0 Å². The minimum absolute atomic E-state index is 0.00415. The van der Waals surface area contributed by atoms with Crippen LogP contribution in [0.5, 0.6) is 0 Å². The van der Waals surface area contributed by atoms with E-state index in [0.29, 0.717) is 12.3 Å². The van der Waals surface area contributed by atoms with Gasteiger partial charge in [-0.2, -0.15) is 0 Å². The van der Waals surface area contributed by atoms with Crippen LogP contribution in [0.25, 0.3) is 0 Å². The Bertz CT molecular complexity index is 570. The van der Waals surface area contributed by atoms with Crippen molar-refractivity contribution in [1.82, 2.24) is 0 Å². The molecule has 6 unspecified atom stereocenters. The molecule has 3 saturated carbocycles. The molecule has 0 aromatic rings. The minimum Gasteiger partial charge on any atom is -0.393 e. The summed E-state index contributed by atoms with van der Waals surface area (Å²) in [4.78, 5) is 12.4. The predicted molar refractivity (Wildman–Crippen MR) is 85.5 cm³/mol. The van der Waals surface area contributed by atoms with Crippen molar-refractivity contribution in [3.8, 4) is 0 Å². The largest absolute Gasteiger partial charge is 0.393 e. The Morgan fingerprint density at radius 2 is 1.74 bits per heavy atom. The first-order chi connectivity index (χ1) is 10.8. The van der Waals surface area contributed by atoms with Crippen LogP contribution in [0.15, 0.2) is 11.6 Å². The molecule has 0 aromatic carbocycles. The smallest absolute Gasteiger partial charge is 0.141 e. The van der Waals surface area contributed by atoms with Gasteiger partial charge in [-0.25, -0.2) is 0 Å². The molecule has 0 amide bonds. The molecule has 4 nitrogen and oxygen atoms in total. The van der Waals surface area contributed by atoms with Crippen LogP contribution in [0.3, 0.4) is 0 Å². The third-order valence-corrected chi connectivity index (χ3v) is 7.81. The van der Waals surface area contributed by atoms with Gasteiger partial charge in [-0.3, -0.25) is 4.79 Å². The number of ketones is 1. The lowest BCUT2D eigenvalue weighted by molar-refractivity contribution is -0.138. The molecular weight excluding hydrogens is 292 g/mol. The summed E-state index contributed by atoms with van der Waals surface area (Å²) in [5.74, 6) is 0.285. The summed E-state index contributed by atoms with van der Waals surface area (Å²) < 4.78 is 0. The zero-order valence-corrected chi connectivity index (χ0v) is 14.0. The van der Waals surface area contributed by atoms with Crippen molar-refractivity contribution in [2.75, 3.05) is 0 Å². The highest BCUT2D eigenvalue weighted by atomic mass is 16.3. The number of rotatable bonds is 0. The molecule has 8 atom stereocenters. The van der Waals surface area contributed by atoms with Gasteiger partial charge in [-0.1, -0.05) is 25.5 Å². The van der Waals surface area contributed by atoms with Gasteiger partial charge in [0, 0.05) is 17.8 Å². The number of hydrogen-bond acceptors (Lipinski definition) is 4. The predicted octanol–water partition coefficient (Wildman–Crippen LogP) is 1.82. The van der Waals surface area contributed by atoms with E-state index in [9.17, 15) is 20.1 Å². The summed E-state index contributed by atoms with van der Waals surface area (Å²) in [5.41, 5.74) is 0.709. The molecule has 4 aliphatic rings. The molecule has 3 N–H and O–H groups in total. The van der Waals surface area contributed by atoms with E-state index in [-0.39, 0.29) is 35.6 Å². The highest BCUT2D eigenvalue weighted by Crippen LogP contribution is 2.63. The lowest BCUT2D eigenvalue weighted by Gasteiger charge is -2.58. The van der Waals surface area contributed by atoms with E-state index < -0.39 is 17.6 Å². The van der Waals surface area contributed by atoms with Gasteiger partial charge in [0.2, 0.25) is 0 Å². The third-order valence-electron chi connectivity index (χ3n) is 7.81. The number of carbonyl (C=O) groups excluding carboxylic acids is 1. The maximum Gasteiger partial charge on any atom is 0.141 e. The monoisotopic (exact) mass is 320 g/mol. The zero-order valence-electron chi connectivity index (χ0n) is 14.0. The topological polar surface area (TPSA) is 77.8 Å². The average Bonchev–Trinajstić information content (AvgIpc) is 2.71. The summed E-state index contributed by atoms with van der Waals surface area (Å²) >= 11 is 0. The van der Waals surface area contributed by atoms with Crippen molar-refractivity contribution >= 4 is 5.78 Å². The summed E-state index contributed by atoms with van der Waals surface area (Å²) in [7, 11) is 0. The lowest BCUT2D eigenvalue weighted by atomic mass is 9.47. The molecule has 3 fully saturated rings. The first-order valence-electron chi connectivity index (χ1n) is 9.06. The third kappa shape index (κ3) is 1.98. The van der Waals surface area contributed by atoms with E-state index in [1.165, 1.54) is 5.57 Å². The van der Waals surface area contributed by atoms with Crippen LogP contribution >= 0.6 is 0 Å². The summed E-state index contributed by atoms with van der Waals surface area (Å²) in [6.45, 7) is 4.26. The molecule has 128 valence electrons. The molecule has 0 spiro atoms. The second-order valence-corrected chi connectivity index (χ2v) is 8.86. The van der Waals surface area contributed by atoms with Crippen molar-refractivity contribution in [3.05, 3.63) is 11.6 Å². The van der Waals surface area contributed by atoms with Crippen LogP contribution in [0, 0.1) is 28.6 Å². The Hall–Kier alpha value is -0.710. The Balaban J connectivity index is 1.77. The van der Waals surface area contributed by atoms with Gasteiger partial charge in [0.1, 0.15) is 5.78 Å². The Morgan fingerprint density at radius 1 is 1.04 bits per heavy atom. The highest BCUT2D eigenvalue weighted by molar-refractivity contribution is 5.88. The van der Waals surface area contributed by atoms with Crippen molar-refractivity contribution in [2.24, 2.45) is 28.6 Å². The van der Waals surface area contributed by atoms with Crippen LogP contribution in [-0.2, 0) is 4.79 Å². The molecule has 0 heterocycles. The quantitative estimate of drug-likeness (QED) is 0.595. The summed E-state index contributed by atoms with van der Waals surface area (Å²) in [6, 6.07) is 0. The van der Waals surface area contributed by atoms with E-state index in [2.05, 4.69) is 6.92 Å². The minimum atomic E-state index is -0.623. The van der Waals surface area contributed by atoms with Crippen molar-refractivity contribution in [2.45, 2.75) is 70.7 Å². The van der Waals surface area contributed by atoms with Crippen molar-refractivity contribution in [3.63, 3.8) is 0 Å². The summed E-state index contributed by atoms with van der Waals surface area (Å²) in [6.07, 6.45) is 4.77. The second kappa shape index (κ2) is 4.90. The van der Waals surface area contributed by atoms with Crippen LogP contribution < -0.4 is 0 Å². The molecule has 0 aromatic heterocycles. The van der Waals surface area contributed by atoms with Crippen molar-refractivity contribution < 1.29 is 20.1 Å². The van der Waals surface area contributed by atoms with E-state index in [1.807, 2.05) is 13.0 Å². The van der Waals surface area contributed by atoms with Gasteiger partial charge in [0.05, 0.1) is 18.3 Å². The Morgan fingerprint density at radius 3 is 2.48 bits per heavy atom. The fourth-order valence-electron chi connectivity index (χ4n) is 6.46. The normalized spacial score (nSPS) is 55.7. The molecule has 4 aliphatic carbocycles. The number of carbonyl (C=O) groups is 1. The molecule has 4 rings (SSSR count). The molecule has 0 aliphatic heterocycles. The van der Waals surface area contributed by atoms with Crippen LogP contribution in [0.1, 0.15) is 52.4 Å².